The Bertz CT molecular complexity index is 782. The number of tetrazole rings is 1. The van der Waals surface area contributed by atoms with Gasteiger partial charge in [0, 0.05) is 10.8 Å². The number of hydrogen-bond acceptors (Lipinski definition) is 5. The Morgan fingerprint density at radius 1 is 1.09 bits per heavy atom. The third kappa shape index (κ3) is 4.16. The van der Waals surface area contributed by atoms with Gasteiger partial charge in [0.15, 0.2) is 0 Å². The topological polar surface area (TPSA) is 52.8 Å². The molecule has 0 amide bonds. The summed E-state index contributed by atoms with van der Waals surface area (Å²) >= 11 is 13.4. The number of nitrogens with zero attached hydrogens (tertiary/aromatic N) is 4. The molecule has 0 unspecified atom stereocenters. The highest BCUT2D eigenvalue weighted by Crippen LogP contribution is 2.27. The van der Waals surface area contributed by atoms with Crippen LogP contribution in [-0.2, 0) is 0 Å². The van der Waals surface area contributed by atoms with Gasteiger partial charge in [0.25, 0.3) is 0 Å². The molecule has 0 aliphatic carbocycles. The Hall–Kier alpha value is -1.76. The lowest BCUT2D eigenvalue weighted by Crippen LogP contribution is -2.03. The van der Waals surface area contributed by atoms with Crippen molar-refractivity contribution >= 4 is 35.0 Å². The molecule has 3 rings (SSSR count). The second-order valence-corrected chi connectivity index (χ2v) is 6.39. The molecule has 0 spiro atoms. The fraction of sp³-hybridized carbons (Fsp3) is 0.133. The van der Waals surface area contributed by atoms with Gasteiger partial charge < -0.3 is 4.74 Å². The summed E-state index contributed by atoms with van der Waals surface area (Å²) in [5, 5.41) is 13.6. The van der Waals surface area contributed by atoms with E-state index in [1.165, 1.54) is 11.8 Å². The summed E-state index contributed by atoms with van der Waals surface area (Å²) in [5.41, 5.74) is 0.918. The molecule has 8 heteroatoms. The normalized spacial score (nSPS) is 10.7. The van der Waals surface area contributed by atoms with Gasteiger partial charge in [-0.3, -0.25) is 0 Å². The molecular weight excluding hydrogens is 355 g/mol. The Labute approximate surface area is 147 Å². The zero-order valence-electron chi connectivity index (χ0n) is 11.9. The number of halogens is 2. The van der Waals surface area contributed by atoms with E-state index in [0.717, 1.165) is 5.69 Å². The first-order valence-corrected chi connectivity index (χ1v) is 8.52. The smallest absolute Gasteiger partial charge is 0.214 e. The van der Waals surface area contributed by atoms with E-state index in [0.29, 0.717) is 33.3 Å². The van der Waals surface area contributed by atoms with Crippen LogP contribution in [0.2, 0.25) is 10.0 Å². The maximum Gasteiger partial charge on any atom is 0.214 e. The number of aromatic nitrogens is 4. The number of hydrogen-bond donors (Lipinski definition) is 0. The number of ether oxygens (including phenoxy) is 1. The second kappa shape index (κ2) is 7.68. The maximum absolute atomic E-state index is 6.06. The van der Waals surface area contributed by atoms with E-state index in [1.807, 2.05) is 30.3 Å². The fourth-order valence-electron chi connectivity index (χ4n) is 1.88. The average molecular weight is 367 g/mol. The molecule has 0 saturated carbocycles. The lowest BCUT2D eigenvalue weighted by Gasteiger charge is -2.08. The SMILES string of the molecule is Clc1ccc(OCCSc2nnnn2-c2ccccc2)c(Cl)c1. The van der Waals surface area contributed by atoms with E-state index in [1.54, 1.807) is 22.9 Å². The van der Waals surface area contributed by atoms with Gasteiger partial charge >= 0.3 is 0 Å². The Morgan fingerprint density at radius 2 is 1.91 bits per heavy atom. The molecule has 0 saturated heterocycles. The summed E-state index contributed by atoms with van der Waals surface area (Å²) in [6.07, 6.45) is 0. The molecular formula is C15H12Cl2N4OS. The lowest BCUT2D eigenvalue weighted by atomic mass is 10.3. The summed E-state index contributed by atoms with van der Waals surface area (Å²) in [7, 11) is 0. The monoisotopic (exact) mass is 366 g/mol. The van der Waals surface area contributed by atoms with Crippen molar-refractivity contribution in [2.75, 3.05) is 12.4 Å². The molecule has 2 aromatic carbocycles. The van der Waals surface area contributed by atoms with Crippen LogP contribution in [0, 0.1) is 0 Å². The third-order valence-corrected chi connectivity index (χ3v) is 4.32. The quantitative estimate of drug-likeness (QED) is 0.484. The van der Waals surface area contributed by atoms with Crippen molar-refractivity contribution in [3.63, 3.8) is 0 Å². The molecule has 118 valence electrons. The highest BCUT2D eigenvalue weighted by atomic mass is 35.5. The first-order valence-electron chi connectivity index (χ1n) is 6.78. The van der Waals surface area contributed by atoms with Gasteiger partial charge in [-0.1, -0.05) is 53.2 Å². The second-order valence-electron chi connectivity index (χ2n) is 4.48. The van der Waals surface area contributed by atoms with Gasteiger partial charge in [0.1, 0.15) is 5.75 Å². The molecule has 1 aromatic heterocycles. The average Bonchev–Trinajstić information content (AvgIpc) is 3.02. The van der Waals surface area contributed by atoms with Gasteiger partial charge in [-0.25, -0.2) is 0 Å². The van der Waals surface area contributed by atoms with Crippen LogP contribution in [0.3, 0.4) is 0 Å². The van der Waals surface area contributed by atoms with E-state index in [9.17, 15) is 0 Å². The van der Waals surface area contributed by atoms with Crippen LogP contribution in [0.4, 0.5) is 0 Å². The molecule has 0 aliphatic heterocycles. The highest BCUT2D eigenvalue weighted by Gasteiger charge is 2.09. The Balaban J connectivity index is 1.57. The standard InChI is InChI=1S/C15H12Cl2N4OS/c16-11-6-7-14(13(17)10-11)22-8-9-23-15-18-19-20-21(15)12-4-2-1-3-5-12/h1-7,10H,8-9H2. The summed E-state index contributed by atoms with van der Waals surface area (Å²) in [5.74, 6) is 1.30. The molecule has 23 heavy (non-hydrogen) atoms. The minimum absolute atomic E-state index is 0.480. The minimum atomic E-state index is 0.480. The van der Waals surface area contributed by atoms with Gasteiger partial charge in [-0.15, -0.1) is 5.10 Å². The molecule has 0 aliphatic rings. The maximum atomic E-state index is 6.06. The number of para-hydroxylation sites is 1. The number of benzene rings is 2. The molecule has 0 N–H and O–H groups in total. The molecule has 0 atom stereocenters. The Kier molecular flexibility index (Phi) is 5.38. The van der Waals surface area contributed by atoms with Crippen LogP contribution in [0.5, 0.6) is 5.75 Å². The van der Waals surface area contributed by atoms with Crippen LogP contribution < -0.4 is 4.74 Å². The third-order valence-electron chi connectivity index (χ3n) is 2.91. The fourth-order valence-corrected chi connectivity index (χ4v) is 3.05. The van der Waals surface area contributed by atoms with Gasteiger partial charge in [0.05, 0.1) is 17.3 Å². The van der Waals surface area contributed by atoms with Crippen molar-refractivity contribution in [1.29, 1.82) is 0 Å². The Morgan fingerprint density at radius 3 is 2.70 bits per heavy atom. The van der Waals surface area contributed by atoms with Gasteiger partial charge in [-0.05, 0) is 40.8 Å². The van der Waals surface area contributed by atoms with E-state index in [2.05, 4.69) is 15.5 Å². The van der Waals surface area contributed by atoms with Crippen LogP contribution in [0.25, 0.3) is 5.69 Å². The van der Waals surface area contributed by atoms with Crippen LogP contribution in [-0.4, -0.2) is 32.6 Å². The highest BCUT2D eigenvalue weighted by molar-refractivity contribution is 7.99. The molecule has 1 heterocycles. The minimum Gasteiger partial charge on any atom is -0.491 e. The van der Waals surface area contributed by atoms with Crippen molar-refractivity contribution in [3.8, 4) is 11.4 Å². The van der Waals surface area contributed by atoms with Crippen molar-refractivity contribution in [2.45, 2.75) is 5.16 Å². The zero-order chi connectivity index (χ0) is 16.1. The zero-order valence-corrected chi connectivity index (χ0v) is 14.2. The summed E-state index contributed by atoms with van der Waals surface area (Å²) < 4.78 is 7.34. The first kappa shape index (κ1) is 16.1. The molecule has 0 radical (unpaired) electrons. The van der Waals surface area contributed by atoms with Crippen molar-refractivity contribution in [2.24, 2.45) is 0 Å². The molecule has 3 aromatic rings. The summed E-state index contributed by atoms with van der Waals surface area (Å²) in [6.45, 7) is 0.480. The van der Waals surface area contributed by atoms with E-state index in [4.69, 9.17) is 27.9 Å². The van der Waals surface area contributed by atoms with Crippen molar-refractivity contribution < 1.29 is 4.74 Å². The first-order chi connectivity index (χ1) is 11.2. The largest absolute Gasteiger partial charge is 0.491 e. The van der Waals surface area contributed by atoms with Gasteiger partial charge in [-0.2, -0.15) is 4.68 Å². The predicted octanol–water partition coefficient (Wildman–Crippen LogP) is 4.14. The number of rotatable bonds is 6. The predicted molar refractivity (Wildman–Crippen MR) is 91.8 cm³/mol. The van der Waals surface area contributed by atoms with E-state index in [-0.39, 0.29) is 0 Å². The molecule has 0 bridgehead atoms. The summed E-state index contributed by atoms with van der Waals surface area (Å²) in [4.78, 5) is 0. The van der Waals surface area contributed by atoms with Crippen LogP contribution in [0.1, 0.15) is 0 Å². The summed E-state index contributed by atoms with van der Waals surface area (Å²) in [6, 6.07) is 14.9. The van der Waals surface area contributed by atoms with Crippen LogP contribution in [0.15, 0.2) is 53.7 Å². The van der Waals surface area contributed by atoms with Crippen molar-refractivity contribution in [1.82, 2.24) is 20.2 Å². The van der Waals surface area contributed by atoms with E-state index < -0.39 is 0 Å². The number of thioether (sulfide) groups is 1. The van der Waals surface area contributed by atoms with E-state index >= 15 is 0 Å². The van der Waals surface area contributed by atoms with Crippen LogP contribution >= 0.6 is 35.0 Å². The van der Waals surface area contributed by atoms with Gasteiger partial charge in [0.2, 0.25) is 5.16 Å². The molecule has 5 nitrogen and oxygen atoms in total. The lowest BCUT2D eigenvalue weighted by molar-refractivity contribution is 0.344. The van der Waals surface area contributed by atoms with Crippen molar-refractivity contribution in [3.05, 3.63) is 58.6 Å². The molecule has 0 fully saturated rings.